The lowest BCUT2D eigenvalue weighted by Crippen LogP contribution is -2.50. The summed E-state index contributed by atoms with van der Waals surface area (Å²) < 4.78 is 25.6. The normalized spacial score (nSPS) is 14.4. The number of carbonyl (C=O) groups is 1. The quantitative estimate of drug-likeness (QED) is 0.504. The van der Waals surface area contributed by atoms with Gasteiger partial charge >= 0.3 is 0 Å². The maximum atomic E-state index is 14.0. The highest BCUT2D eigenvalue weighted by Gasteiger charge is 2.23. The molecular formula is C24H21FN2O3. The van der Waals surface area contributed by atoms with E-state index in [1.807, 2.05) is 53.4 Å². The van der Waals surface area contributed by atoms with Crippen LogP contribution in [0.25, 0.3) is 21.9 Å². The number of nitrogens with zero attached hydrogens (tertiary/aromatic N) is 2. The summed E-state index contributed by atoms with van der Waals surface area (Å²) in [6.07, 6.45) is 0. The molecule has 6 heteroatoms. The van der Waals surface area contributed by atoms with E-state index in [-0.39, 0.29) is 18.3 Å². The monoisotopic (exact) mass is 404 g/mol. The summed E-state index contributed by atoms with van der Waals surface area (Å²) in [5.74, 6) is 0.329. The van der Waals surface area contributed by atoms with Crippen LogP contribution < -0.4 is 9.64 Å². The Labute approximate surface area is 173 Å². The number of hydrogen-bond acceptors (Lipinski definition) is 4. The number of rotatable bonds is 4. The predicted molar refractivity (Wildman–Crippen MR) is 114 cm³/mol. The molecule has 0 radical (unpaired) electrons. The minimum atomic E-state index is -0.234. The van der Waals surface area contributed by atoms with Crippen molar-refractivity contribution in [1.82, 2.24) is 4.90 Å². The second kappa shape index (κ2) is 7.71. The van der Waals surface area contributed by atoms with Crippen molar-refractivity contribution in [3.05, 3.63) is 72.5 Å². The van der Waals surface area contributed by atoms with Crippen molar-refractivity contribution < 1.29 is 18.3 Å². The number of carbonyl (C=O) groups excluding carboxylic acids is 1. The molecule has 30 heavy (non-hydrogen) atoms. The first-order valence-electron chi connectivity index (χ1n) is 10.0. The summed E-state index contributed by atoms with van der Waals surface area (Å²) in [6.45, 7) is 2.25. The van der Waals surface area contributed by atoms with Crippen molar-refractivity contribution in [2.75, 3.05) is 37.7 Å². The molecule has 1 aromatic heterocycles. The number of fused-ring (bicyclic) bond motifs is 3. The third-order valence-electron chi connectivity index (χ3n) is 5.54. The van der Waals surface area contributed by atoms with Gasteiger partial charge in [0.15, 0.2) is 6.61 Å². The van der Waals surface area contributed by atoms with E-state index in [2.05, 4.69) is 0 Å². The van der Waals surface area contributed by atoms with Gasteiger partial charge in [-0.15, -0.1) is 0 Å². The Hall–Kier alpha value is -3.54. The Morgan fingerprint density at radius 3 is 2.47 bits per heavy atom. The van der Waals surface area contributed by atoms with Gasteiger partial charge in [0.2, 0.25) is 0 Å². The molecule has 1 fully saturated rings. The van der Waals surface area contributed by atoms with Crippen LogP contribution in [0, 0.1) is 5.82 Å². The van der Waals surface area contributed by atoms with Crippen LogP contribution in [0.4, 0.5) is 10.1 Å². The molecule has 0 aliphatic carbocycles. The van der Waals surface area contributed by atoms with Crippen LogP contribution >= 0.6 is 0 Å². The number of furan rings is 1. The first-order chi connectivity index (χ1) is 14.7. The summed E-state index contributed by atoms with van der Waals surface area (Å²) >= 11 is 0. The number of para-hydroxylation sites is 2. The van der Waals surface area contributed by atoms with Gasteiger partial charge in [-0.3, -0.25) is 4.79 Å². The number of halogens is 1. The van der Waals surface area contributed by atoms with E-state index in [1.54, 1.807) is 17.0 Å². The standard InChI is InChI=1S/C24H21FN2O3/c25-20-6-2-3-7-21(20)26-11-13-27(14-12-26)24(28)16-29-17-9-10-23-19(15-17)18-5-1-4-8-22(18)30-23/h1-10,15H,11-14,16H2. The van der Waals surface area contributed by atoms with Gasteiger partial charge in [0.1, 0.15) is 22.7 Å². The van der Waals surface area contributed by atoms with E-state index in [9.17, 15) is 9.18 Å². The molecule has 5 nitrogen and oxygen atoms in total. The summed E-state index contributed by atoms with van der Waals surface area (Å²) in [4.78, 5) is 16.3. The summed E-state index contributed by atoms with van der Waals surface area (Å²) in [7, 11) is 0. The van der Waals surface area contributed by atoms with E-state index < -0.39 is 0 Å². The zero-order chi connectivity index (χ0) is 20.5. The highest BCUT2D eigenvalue weighted by Crippen LogP contribution is 2.31. The molecule has 5 rings (SSSR count). The van der Waals surface area contributed by atoms with Gasteiger partial charge in [0.05, 0.1) is 5.69 Å². The molecule has 3 aromatic carbocycles. The molecule has 0 saturated carbocycles. The first-order valence-corrected chi connectivity index (χ1v) is 10.0. The van der Waals surface area contributed by atoms with Crippen molar-refractivity contribution in [2.45, 2.75) is 0 Å². The summed E-state index contributed by atoms with van der Waals surface area (Å²) in [6, 6.07) is 20.2. The predicted octanol–water partition coefficient (Wildman–Crippen LogP) is 4.45. The van der Waals surface area contributed by atoms with Gasteiger partial charge in [0.25, 0.3) is 5.91 Å². The van der Waals surface area contributed by atoms with Gasteiger partial charge < -0.3 is 19.0 Å². The number of benzene rings is 3. The zero-order valence-electron chi connectivity index (χ0n) is 16.4. The Kier molecular flexibility index (Phi) is 4.75. The van der Waals surface area contributed by atoms with Gasteiger partial charge in [-0.1, -0.05) is 30.3 Å². The minimum Gasteiger partial charge on any atom is -0.484 e. The average molecular weight is 404 g/mol. The zero-order valence-corrected chi connectivity index (χ0v) is 16.4. The summed E-state index contributed by atoms with van der Waals surface area (Å²) in [5, 5.41) is 1.99. The molecule has 1 aliphatic rings. The Balaban J connectivity index is 1.21. The number of anilines is 1. The smallest absolute Gasteiger partial charge is 0.260 e. The van der Waals surface area contributed by atoms with E-state index in [4.69, 9.17) is 9.15 Å². The van der Waals surface area contributed by atoms with E-state index in [0.717, 1.165) is 21.9 Å². The highest BCUT2D eigenvalue weighted by atomic mass is 19.1. The fourth-order valence-electron chi connectivity index (χ4n) is 3.94. The van der Waals surface area contributed by atoms with Crippen LogP contribution in [-0.2, 0) is 4.79 Å². The van der Waals surface area contributed by atoms with Gasteiger partial charge in [-0.25, -0.2) is 4.39 Å². The van der Waals surface area contributed by atoms with Crippen LogP contribution in [0.3, 0.4) is 0 Å². The Morgan fingerprint density at radius 2 is 1.63 bits per heavy atom. The number of ether oxygens (including phenoxy) is 1. The molecule has 152 valence electrons. The molecule has 0 N–H and O–H groups in total. The molecule has 0 spiro atoms. The molecular weight excluding hydrogens is 383 g/mol. The van der Waals surface area contributed by atoms with Crippen molar-refractivity contribution in [2.24, 2.45) is 0 Å². The Morgan fingerprint density at radius 1 is 0.900 bits per heavy atom. The average Bonchev–Trinajstić information content (AvgIpc) is 3.16. The van der Waals surface area contributed by atoms with Gasteiger partial charge in [-0.05, 0) is 36.4 Å². The topological polar surface area (TPSA) is 45.9 Å². The lowest BCUT2D eigenvalue weighted by atomic mass is 10.1. The largest absolute Gasteiger partial charge is 0.484 e. The van der Waals surface area contributed by atoms with Crippen molar-refractivity contribution >= 4 is 33.5 Å². The molecule has 1 amide bonds. The van der Waals surface area contributed by atoms with Crippen molar-refractivity contribution in [3.8, 4) is 5.75 Å². The number of amides is 1. The maximum Gasteiger partial charge on any atom is 0.260 e. The van der Waals surface area contributed by atoms with Gasteiger partial charge in [-0.2, -0.15) is 0 Å². The molecule has 4 aromatic rings. The van der Waals surface area contributed by atoms with Crippen LogP contribution in [0.2, 0.25) is 0 Å². The van der Waals surface area contributed by atoms with Crippen LogP contribution in [0.15, 0.2) is 71.1 Å². The van der Waals surface area contributed by atoms with Crippen LogP contribution in [0.5, 0.6) is 5.75 Å². The van der Waals surface area contributed by atoms with Crippen LogP contribution in [0.1, 0.15) is 0 Å². The summed E-state index contributed by atoms with van der Waals surface area (Å²) in [5.41, 5.74) is 2.20. The number of hydrogen-bond donors (Lipinski definition) is 0. The third-order valence-corrected chi connectivity index (χ3v) is 5.54. The second-order valence-corrected chi connectivity index (χ2v) is 7.36. The molecule has 1 saturated heterocycles. The fourth-order valence-corrected chi connectivity index (χ4v) is 3.94. The van der Waals surface area contributed by atoms with E-state index in [1.165, 1.54) is 6.07 Å². The van der Waals surface area contributed by atoms with Crippen molar-refractivity contribution in [1.29, 1.82) is 0 Å². The minimum absolute atomic E-state index is 0.0268. The molecule has 0 unspecified atom stereocenters. The first kappa shape index (κ1) is 18.5. The second-order valence-electron chi connectivity index (χ2n) is 7.36. The maximum absolute atomic E-state index is 14.0. The lowest BCUT2D eigenvalue weighted by Gasteiger charge is -2.36. The molecule has 2 heterocycles. The van der Waals surface area contributed by atoms with Crippen molar-refractivity contribution in [3.63, 3.8) is 0 Å². The van der Waals surface area contributed by atoms with Gasteiger partial charge in [0, 0.05) is 37.0 Å². The van der Waals surface area contributed by atoms with E-state index >= 15 is 0 Å². The van der Waals surface area contributed by atoms with E-state index in [0.29, 0.717) is 37.6 Å². The highest BCUT2D eigenvalue weighted by molar-refractivity contribution is 6.05. The SMILES string of the molecule is O=C(COc1ccc2oc3ccccc3c2c1)N1CCN(c2ccccc2F)CC1. The molecule has 0 bridgehead atoms. The number of piperazine rings is 1. The third kappa shape index (κ3) is 3.45. The lowest BCUT2D eigenvalue weighted by molar-refractivity contribution is -0.133. The molecule has 0 atom stereocenters. The fraction of sp³-hybridized carbons (Fsp3) is 0.208. The molecule has 1 aliphatic heterocycles. The Bertz CT molecular complexity index is 1210. The van der Waals surface area contributed by atoms with Crippen LogP contribution in [-0.4, -0.2) is 43.6 Å².